The number of fused-ring (bicyclic) bond motifs is 2. The maximum absolute atomic E-state index is 13.7. The number of anilines is 1. The zero-order valence-electron chi connectivity index (χ0n) is 19.6. The van der Waals surface area contributed by atoms with E-state index in [9.17, 15) is 8.78 Å². The van der Waals surface area contributed by atoms with E-state index in [1.165, 1.54) is 35.6 Å². The molecule has 6 rings (SSSR count). The first-order valence-corrected chi connectivity index (χ1v) is 13.1. The SMILES string of the molecule is Fc1ccc([C@H]2N[C@@H](c3ccc(F)cc3)C3CCCC2C3=NNc2nc(-c3ccccc3)cs2)cc1. The fourth-order valence-electron chi connectivity index (χ4n) is 5.57. The van der Waals surface area contributed by atoms with Crippen molar-refractivity contribution in [1.82, 2.24) is 10.3 Å². The molecule has 7 heteroatoms. The van der Waals surface area contributed by atoms with Gasteiger partial charge in [0, 0.05) is 40.6 Å². The van der Waals surface area contributed by atoms with Gasteiger partial charge in [-0.05, 0) is 48.2 Å². The minimum Gasteiger partial charge on any atom is -0.302 e. The molecule has 182 valence electrons. The highest BCUT2D eigenvalue weighted by Crippen LogP contribution is 2.46. The molecule has 1 saturated carbocycles. The summed E-state index contributed by atoms with van der Waals surface area (Å²) in [5.41, 5.74) is 8.39. The van der Waals surface area contributed by atoms with Crippen LogP contribution in [0.15, 0.2) is 89.3 Å². The number of hydrogen-bond donors (Lipinski definition) is 2. The van der Waals surface area contributed by atoms with Crippen molar-refractivity contribution in [3.05, 3.63) is 107 Å². The third kappa shape index (κ3) is 4.56. The molecule has 0 amide bonds. The Balaban J connectivity index is 1.35. The molecule has 1 saturated heterocycles. The van der Waals surface area contributed by atoms with Crippen molar-refractivity contribution < 1.29 is 8.78 Å². The molecular weight excluding hydrogens is 474 g/mol. The molecule has 2 fully saturated rings. The summed E-state index contributed by atoms with van der Waals surface area (Å²) < 4.78 is 27.4. The van der Waals surface area contributed by atoms with Gasteiger partial charge >= 0.3 is 0 Å². The van der Waals surface area contributed by atoms with Crippen LogP contribution in [0.3, 0.4) is 0 Å². The largest absolute Gasteiger partial charge is 0.302 e. The first-order chi connectivity index (χ1) is 17.7. The van der Waals surface area contributed by atoms with Gasteiger partial charge in [-0.25, -0.2) is 13.8 Å². The highest BCUT2D eigenvalue weighted by Gasteiger charge is 2.45. The van der Waals surface area contributed by atoms with E-state index in [0.717, 1.165) is 52.5 Å². The number of piperidine rings is 1. The quantitative estimate of drug-likeness (QED) is 0.282. The van der Waals surface area contributed by atoms with Crippen molar-refractivity contribution in [3.8, 4) is 11.3 Å². The lowest BCUT2D eigenvalue weighted by atomic mass is 9.67. The highest BCUT2D eigenvalue weighted by molar-refractivity contribution is 7.14. The Bertz CT molecular complexity index is 1290. The summed E-state index contributed by atoms with van der Waals surface area (Å²) in [6, 6.07) is 23.5. The fraction of sp³-hybridized carbons (Fsp3) is 0.241. The van der Waals surface area contributed by atoms with Crippen LogP contribution >= 0.6 is 11.3 Å². The molecule has 2 aliphatic rings. The van der Waals surface area contributed by atoms with Crippen LogP contribution in [0.2, 0.25) is 0 Å². The van der Waals surface area contributed by atoms with Gasteiger partial charge < -0.3 is 5.32 Å². The maximum atomic E-state index is 13.7. The third-order valence-corrected chi connectivity index (χ3v) is 8.01. The van der Waals surface area contributed by atoms with Crippen LogP contribution in [0, 0.1) is 23.5 Å². The molecule has 3 aromatic carbocycles. The lowest BCUT2D eigenvalue weighted by Gasteiger charge is -2.47. The topological polar surface area (TPSA) is 49.3 Å². The number of benzene rings is 3. The van der Waals surface area contributed by atoms with Crippen LogP contribution in [-0.2, 0) is 0 Å². The van der Waals surface area contributed by atoms with Gasteiger partial charge in [-0.15, -0.1) is 11.3 Å². The van der Waals surface area contributed by atoms with E-state index in [1.807, 2.05) is 60.0 Å². The molecule has 4 nitrogen and oxygen atoms in total. The van der Waals surface area contributed by atoms with Crippen LogP contribution < -0.4 is 10.7 Å². The third-order valence-electron chi connectivity index (χ3n) is 7.27. The average molecular weight is 501 g/mol. The minimum absolute atomic E-state index is 0.0195. The summed E-state index contributed by atoms with van der Waals surface area (Å²) in [7, 11) is 0. The van der Waals surface area contributed by atoms with Gasteiger partial charge in [0.25, 0.3) is 0 Å². The molecule has 2 bridgehead atoms. The molecule has 1 aromatic heterocycles. The molecule has 36 heavy (non-hydrogen) atoms. The molecule has 2 unspecified atom stereocenters. The van der Waals surface area contributed by atoms with Gasteiger partial charge in [0.1, 0.15) is 11.6 Å². The standard InChI is InChI=1S/C29H26F2N4S/c30-21-13-9-19(10-14-21)26-23-7-4-8-24(27(33-26)20-11-15-22(31)16-12-20)28(23)34-35-29-32-25(17-36-29)18-5-2-1-3-6-18/h1-3,5-6,9-17,23-24,26-27,33H,4,7-8H2,(H,32,35)/t23?,24?,26-,27+. The Hall–Kier alpha value is -3.42. The number of nitrogens with one attached hydrogen (secondary N) is 2. The van der Waals surface area contributed by atoms with E-state index in [4.69, 9.17) is 10.1 Å². The molecule has 2 heterocycles. The minimum atomic E-state index is -0.250. The highest BCUT2D eigenvalue weighted by atomic mass is 32.1. The van der Waals surface area contributed by atoms with E-state index in [0.29, 0.717) is 0 Å². The summed E-state index contributed by atoms with van der Waals surface area (Å²) in [5, 5.41) is 11.5. The molecule has 0 radical (unpaired) electrons. The molecule has 4 aromatic rings. The van der Waals surface area contributed by atoms with Crippen molar-refractivity contribution in [2.75, 3.05) is 5.43 Å². The Morgan fingerprint density at radius 3 is 1.97 bits per heavy atom. The number of nitrogens with zero attached hydrogens (tertiary/aromatic N) is 2. The summed E-state index contributed by atoms with van der Waals surface area (Å²) in [6.07, 6.45) is 3.07. The normalized spacial score (nSPS) is 24.6. The van der Waals surface area contributed by atoms with Crippen molar-refractivity contribution >= 4 is 22.2 Å². The summed E-state index contributed by atoms with van der Waals surface area (Å²) in [6.45, 7) is 0. The first-order valence-electron chi connectivity index (χ1n) is 12.3. The van der Waals surface area contributed by atoms with E-state index >= 15 is 0 Å². The molecule has 0 spiro atoms. The lowest BCUT2D eigenvalue weighted by molar-refractivity contribution is 0.233. The second-order valence-electron chi connectivity index (χ2n) is 9.42. The van der Waals surface area contributed by atoms with Crippen molar-refractivity contribution in [3.63, 3.8) is 0 Å². The Morgan fingerprint density at radius 2 is 1.39 bits per heavy atom. The van der Waals surface area contributed by atoms with E-state index in [2.05, 4.69) is 10.7 Å². The number of rotatable bonds is 5. The number of hydrazone groups is 1. The van der Waals surface area contributed by atoms with Gasteiger partial charge in [-0.3, -0.25) is 5.43 Å². The van der Waals surface area contributed by atoms with Gasteiger partial charge in [0.05, 0.1) is 5.69 Å². The fourth-order valence-corrected chi connectivity index (χ4v) is 6.23. The van der Waals surface area contributed by atoms with Gasteiger partial charge in [-0.1, -0.05) is 61.0 Å². The lowest BCUT2D eigenvalue weighted by Crippen LogP contribution is -2.50. The summed E-state index contributed by atoms with van der Waals surface area (Å²) in [4.78, 5) is 4.73. The maximum Gasteiger partial charge on any atom is 0.203 e. The van der Waals surface area contributed by atoms with Gasteiger partial charge in [0.15, 0.2) is 0 Å². The van der Waals surface area contributed by atoms with Crippen molar-refractivity contribution in [2.24, 2.45) is 16.9 Å². The zero-order chi connectivity index (χ0) is 24.5. The van der Waals surface area contributed by atoms with Gasteiger partial charge in [-0.2, -0.15) is 5.10 Å². The predicted molar refractivity (Wildman–Crippen MR) is 141 cm³/mol. The van der Waals surface area contributed by atoms with Crippen LogP contribution in [0.4, 0.5) is 13.9 Å². The molecule has 2 N–H and O–H groups in total. The number of hydrogen-bond acceptors (Lipinski definition) is 5. The monoisotopic (exact) mass is 500 g/mol. The summed E-state index contributed by atoms with van der Waals surface area (Å²) in [5.74, 6) is -0.154. The second-order valence-corrected chi connectivity index (χ2v) is 10.3. The zero-order valence-corrected chi connectivity index (χ0v) is 20.4. The van der Waals surface area contributed by atoms with Crippen LogP contribution in [0.5, 0.6) is 0 Å². The Morgan fingerprint density at radius 1 is 0.806 bits per heavy atom. The van der Waals surface area contributed by atoms with Crippen LogP contribution in [0.25, 0.3) is 11.3 Å². The van der Waals surface area contributed by atoms with E-state index in [1.54, 1.807) is 0 Å². The predicted octanol–water partition coefficient (Wildman–Crippen LogP) is 7.36. The Labute approximate surface area is 213 Å². The van der Waals surface area contributed by atoms with Crippen LogP contribution in [-0.4, -0.2) is 10.7 Å². The van der Waals surface area contributed by atoms with E-state index < -0.39 is 0 Å². The second kappa shape index (κ2) is 9.91. The molecule has 1 aliphatic carbocycles. The average Bonchev–Trinajstić information content (AvgIpc) is 3.39. The van der Waals surface area contributed by atoms with Crippen molar-refractivity contribution in [2.45, 2.75) is 31.3 Å². The molecule has 1 aliphatic heterocycles. The smallest absolute Gasteiger partial charge is 0.203 e. The Kier molecular flexibility index (Phi) is 6.34. The van der Waals surface area contributed by atoms with Crippen molar-refractivity contribution in [1.29, 1.82) is 0 Å². The van der Waals surface area contributed by atoms with Crippen LogP contribution in [0.1, 0.15) is 42.5 Å². The molecular formula is C29H26F2N4S. The number of halogens is 2. The first kappa shape index (κ1) is 23.0. The van der Waals surface area contributed by atoms with Gasteiger partial charge in [0.2, 0.25) is 5.13 Å². The summed E-state index contributed by atoms with van der Waals surface area (Å²) >= 11 is 1.53. The molecule has 4 atom stereocenters. The number of aromatic nitrogens is 1. The van der Waals surface area contributed by atoms with E-state index in [-0.39, 0.29) is 35.6 Å². The number of thiazole rings is 1.